The molecule has 0 fully saturated rings. The second-order valence-electron chi connectivity index (χ2n) is 6.06. The van der Waals surface area contributed by atoms with Crippen molar-refractivity contribution in [3.05, 3.63) is 29.3 Å². The molecule has 23 heavy (non-hydrogen) atoms. The minimum absolute atomic E-state index is 0.129. The Balaban J connectivity index is 2.67. The van der Waals surface area contributed by atoms with Crippen LogP contribution in [-0.2, 0) is 14.8 Å². The number of amides is 1. The molecule has 0 spiro atoms. The molecular weight excluding hydrogens is 356 g/mol. The number of nitrogens with one attached hydrogen (secondary N) is 1. The van der Waals surface area contributed by atoms with Crippen molar-refractivity contribution in [2.45, 2.75) is 25.5 Å². The lowest BCUT2D eigenvalue weighted by Crippen LogP contribution is -2.41. The third kappa shape index (κ3) is 7.94. The van der Waals surface area contributed by atoms with Crippen LogP contribution in [0.1, 0.15) is 20.8 Å². The maximum absolute atomic E-state index is 12.0. The Morgan fingerprint density at radius 1 is 1.35 bits per heavy atom. The molecule has 0 aliphatic heterocycles. The lowest BCUT2D eigenvalue weighted by molar-refractivity contribution is -0.119. The molecule has 0 atom stereocenters. The topological polar surface area (TPSA) is 66.5 Å². The molecule has 0 bridgehead atoms. The van der Waals surface area contributed by atoms with Gasteiger partial charge in [-0.05, 0) is 18.2 Å². The van der Waals surface area contributed by atoms with Crippen LogP contribution in [0.4, 0.5) is 5.69 Å². The summed E-state index contributed by atoms with van der Waals surface area (Å²) in [6.45, 7) is 6.53. The smallest absolute Gasteiger partial charge is 0.240 e. The molecule has 1 N–H and O–H groups in total. The van der Waals surface area contributed by atoms with E-state index in [-0.39, 0.29) is 17.2 Å². The molecule has 1 aromatic rings. The van der Waals surface area contributed by atoms with Gasteiger partial charge in [-0.15, -0.1) is 0 Å². The van der Waals surface area contributed by atoms with E-state index in [9.17, 15) is 13.2 Å². The van der Waals surface area contributed by atoms with Gasteiger partial charge in [0.05, 0.1) is 11.9 Å². The standard InChI is InChI=1S/C15H23ClN2O3S2/c1-15(2,3)22-9-8-17-14(19)11-18(23(4,20)21)13-7-5-6-12(16)10-13/h5-7,10H,8-9,11H2,1-4H3,(H,17,19). The average Bonchev–Trinajstić information content (AvgIpc) is 2.38. The highest BCUT2D eigenvalue weighted by Gasteiger charge is 2.21. The number of carbonyl (C=O) groups excluding carboxylic acids is 1. The number of halogens is 1. The summed E-state index contributed by atoms with van der Waals surface area (Å²) in [6.07, 6.45) is 1.07. The molecule has 0 unspecified atom stereocenters. The molecule has 1 amide bonds. The van der Waals surface area contributed by atoms with Crippen molar-refractivity contribution < 1.29 is 13.2 Å². The number of anilines is 1. The van der Waals surface area contributed by atoms with Crippen molar-refractivity contribution >= 4 is 45.0 Å². The normalized spacial score (nSPS) is 12.0. The van der Waals surface area contributed by atoms with Gasteiger partial charge in [-0.1, -0.05) is 38.4 Å². The van der Waals surface area contributed by atoms with E-state index in [0.29, 0.717) is 17.3 Å². The largest absolute Gasteiger partial charge is 0.354 e. The number of sulfonamides is 1. The lowest BCUT2D eigenvalue weighted by atomic mass is 10.3. The molecule has 0 aromatic heterocycles. The summed E-state index contributed by atoms with van der Waals surface area (Å²) in [5.41, 5.74) is 0.374. The van der Waals surface area contributed by atoms with E-state index in [1.165, 1.54) is 6.07 Å². The van der Waals surface area contributed by atoms with Gasteiger partial charge in [0.15, 0.2) is 0 Å². The van der Waals surface area contributed by atoms with E-state index in [2.05, 4.69) is 26.1 Å². The van der Waals surface area contributed by atoms with E-state index in [4.69, 9.17) is 11.6 Å². The van der Waals surface area contributed by atoms with Crippen molar-refractivity contribution in [3.63, 3.8) is 0 Å². The summed E-state index contributed by atoms with van der Waals surface area (Å²) < 4.78 is 25.1. The third-order valence-corrected chi connectivity index (χ3v) is 5.39. The van der Waals surface area contributed by atoms with Crippen LogP contribution in [0.5, 0.6) is 0 Å². The number of carbonyl (C=O) groups is 1. The Hall–Kier alpha value is -0.920. The fourth-order valence-corrected chi connectivity index (χ4v) is 3.61. The van der Waals surface area contributed by atoms with Crippen LogP contribution < -0.4 is 9.62 Å². The van der Waals surface area contributed by atoms with E-state index in [1.807, 2.05) is 0 Å². The highest BCUT2D eigenvalue weighted by atomic mass is 35.5. The average molecular weight is 379 g/mol. The van der Waals surface area contributed by atoms with Gasteiger partial charge in [-0.3, -0.25) is 9.10 Å². The zero-order valence-electron chi connectivity index (χ0n) is 13.8. The van der Waals surface area contributed by atoms with Gasteiger partial charge in [0.2, 0.25) is 15.9 Å². The number of nitrogens with zero attached hydrogens (tertiary/aromatic N) is 1. The number of thioether (sulfide) groups is 1. The SMILES string of the molecule is CC(C)(C)SCCNC(=O)CN(c1cccc(Cl)c1)S(C)(=O)=O. The fourth-order valence-electron chi connectivity index (χ4n) is 1.77. The van der Waals surface area contributed by atoms with Crippen LogP contribution >= 0.6 is 23.4 Å². The van der Waals surface area contributed by atoms with E-state index in [1.54, 1.807) is 30.0 Å². The van der Waals surface area contributed by atoms with Crippen LogP contribution in [0.3, 0.4) is 0 Å². The minimum atomic E-state index is -3.57. The first-order valence-corrected chi connectivity index (χ1v) is 10.3. The summed E-state index contributed by atoms with van der Waals surface area (Å²) in [5.74, 6) is 0.426. The Bertz CT molecular complexity index is 642. The Morgan fingerprint density at radius 2 is 2.00 bits per heavy atom. The number of hydrogen-bond donors (Lipinski definition) is 1. The quantitative estimate of drug-likeness (QED) is 0.741. The van der Waals surface area contributed by atoms with Crippen molar-refractivity contribution in [2.24, 2.45) is 0 Å². The van der Waals surface area contributed by atoms with Gasteiger partial charge >= 0.3 is 0 Å². The molecule has 5 nitrogen and oxygen atoms in total. The van der Waals surface area contributed by atoms with Crippen LogP contribution in [0.2, 0.25) is 5.02 Å². The maximum Gasteiger partial charge on any atom is 0.240 e. The first kappa shape index (κ1) is 20.1. The summed E-state index contributed by atoms with van der Waals surface area (Å²) in [5, 5.41) is 3.16. The highest BCUT2D eigenvalue weighted by molar-refractivity contribution is 8.00. The van der Waals surface area contributed by atoms with E-state index in [0.717, 1.165) is 16.3 Å². The van der Waals surface area contributed by atoms with Crippen LogP contribution in [0.15, 0.2) is 24.3 Å². The number of rotatable bonds is 7. The molecule has 0 radical (unpaired) electrons. The molecule has 0 heterocycles. The van der Waals surface area contributed by atoms with Gasteiger partial charge in [0.25, 0.3) is 0 Å². The molecule has 0 saturated heterocycles. The van der Waals surface area contributed by atoms with Crippen molar-refractivity contribution in [1.82, 2.24) is 5.32 Å². The van der Waals surface area contributed by atoms with Crippen LogP contribution in [0.25, 0.3) is 0 Å². The van der Waals surface area contributed by atoms with Crippen molar-refractivity contribution in [2.75, 3.05) is 29.4 Å². The number of benzene rings is 1. The van der Waals surface area contributed by atoms with Crippen LogP contribution in [0, 0.1) is 0 Å². The molecule has 0 aliphatic carbocycles. The zero-order chi connectivity index (χ0) is 17.7. The first-order valence-electron chi connectivity index (χ1n) is 7.13. The van der Waals surface area contributed by atoms with Gasteiger partial charge in [-0.25, -0.2) is 8.42 Å². The predicted octanol–water partition coefficient (Wildman–Crippen LogP) is 2.75. The van der Waals surface area contributed by atoms with Crippen molar-refractivity contribution in [1.29, 1.82) is 0 Å². The van der Waals surface area contributed by atoms with Gasteiger partial charge in [-0.2, -0.15) is 11.8 Å². The van der Waals surface area contributed by atoms with Gasteiger partial charge < -0.3 is 5.32 Å². The highest BCUT2D eigenvalue weighted by Crippen LogP contribution is 2.22. The van der Waals surface area contributed by atoms with Gasteiger partial charge in [0, 0.05) is 22.1 Å². The molecule has 0 saturated carbocycles. The molecule has 1 rings (SSSR count). The van der Waals surface area contributed by atoms with Crippen LogP contribution in [-0.4, -0.2) is 44.2 Å². The summed E-state index contributed by atoms with van der Waals surface area (Å²) in [6, 6.07) is 6.42. The Kier molecular flexibility index (Phi) is 7.23. The maximum atomic E-state index is 12.0. The lowest BCUT2D eigenvalue weighted by Gasteiger charge is -2.22. The Morgan fingerprint density at radius 3 is 2.52 bits per heavy atom. The predicted molar refractivity (Wildman–Crippen MR) is 98.9 cm³/mol. The van der Waals surface area contributed by atoms with E-state index < -0.39 is 10.0 Å². The summed E-state index contributed by atoms with van der Waals surface area (Å²) >= 11 is 7.63. The molecular formula is C15H23ClN2O3S2. The summed E-state index contributed by atoms with van der Waals surface area (Å²) in [7, 11) is -3.57. The second-order valence-corrected chi connectivity index (χ2v) is 10.3. The Labute approximate surface area is 147 Å². The number of hydrogen-bond acceptors (Lipinski definition) is 4. The molecule has 8 heteroatoms. The molecule has 0 aliphatic rings. The minimum Gasteiger partial charge on any atom is -0.354 e. The van der Waals surface area contributed by atoms with Crippen molar-refractivity contribution in [3.8, 4) is 0 Å². The van der Waals surface area contributed by atoms with E-state index >= 15 is 0 Å². The fraction of sp³-hybridized carbons (Fsp3) is 0.533. The zero-order valence-corrected chi connectivity index (χ0v) is 16.2. The third-order valence-electron chi connectivity index (χ3n) is 2.74. The summed E-state index contributed by atoms with van der Waals surface area (Å²) in [4.78, 5) is 12.0. The monoisotopic (exact) mass is 378 g/mol. The second kappa shape index (κ2) is 8.26. The van der Waals surface area contributed by atoms with Gasteiger partial charge in [0.1, 0.15) is 6.54 Å². The molecule has 1 aromatic carbocycles. The first-order chi connectivity index (χ1) is 10.5. The molecule has 130 valence electrons.